The van der Waals surface area contributed by atoms with Gasteiger partial charge >= 0.3 is 0 Å². The molecule has 6 nitrogen and oxygen atoms in total. The van der Waals surface area contributed by atoms with Crippen LogP contribution < -0.4 is 10.1 Å². The highest BCUT2D eigenvalue weighted by Crippen LogP contribution is 2.27. The van der Waals surface area contributed by atoms with Crippen LogP contribution in [0.4, 0.5) is 4.39 Å². The maximum atomic E-state index is 13.5. The maximum absolute atomic E-state index is 13.5. The lowest BCUT2D eigenvalue weighted by molar-refractivity contribution is -0.125. The Morgan fingerprint density at radius 1 is 1.16 bits per heavy atom. The van der Waals surface area contributed by atoms with Crippen molar-refractivity contribution in [3.05, 3.63) is 83.8 Å². The van der Waals surface area contributed by atoms with E-state index in [0.29, 0.717) is 36.6 Å². The predicted molar refractivity (Wildman–Crippen MR) is 114 cm³/mol. The van der Waals surface area contributed by atoms with Gasteiger partial charge in [-0.25, -0.2) is 9.37 Å². The summed E-state index contributed by atoms with van der Waals surface area (Å²) >= 11 is 0. The molecule has 0 spiro atoms. The normalized spacial score (nSPS) is 13.6. The van der Waals surface area contributed by atoms with Crippen LogP contribution in [0.2, 0.25) is 0 Å². The Labute approximate surface area is 179 Å². The molecule has 2 amide bonds. The number of halogens is 1. The van der Waals surface area contributed by atoms with Gasteiger partial charge in [-0.2, -0.15) is 0 Å². The van der Waals surface area contributed by atoms with E-state index in [9.17, 15) is 14.0 Å². The molecule has 3 aromatic rings. The molecule has 158 valence electrons. The van der Waals surface area contributed by atoms with Crippen LogP contribution in [-0.2, 0) is 11.3 Å². The van der Waals surface area contributed by atoms with Crippen LogP contribution in [0.15, 0.2) is 66.7 Å². The minimum atomic E-state index is -0.656. The molecule has 2 heterocycles. The Morgan fingerprint density at radius 3 is 2.74 bits per heavy atom. The largest absolute Gasteiger partial charge is 0.492 e. The molecule has 0 unspecified atom stereocenters. The molecule has 1 N–H and O–H groups in total. The van der Waals surface area contributed by atoms with Crippen LogP contribution in [-0.4, -0.2) is 40.9 Å². The van der Waals surface area contributed by atoms with Crippen molar-refractivity contribution in [1.82, 2.24) is 15.2 Å². The summed E-state index contributed by atoms with van der Waals surface area (Å²) in [6.07, 6.45) is 0. The first kappa shape index (κ1) is 20.5. The number of carbonyl (C=O) groups excluding carboxylic acids is 2. The molecule has 1 atom stereocenters. The van der Waals surface area contributed by atoms with Crippen LogP contribution in [0.25, 0.3) is 11.3 Å². The van der Waals surface area contributed by atoms with Crippen LogP contribution in [0.5, 0.6) is 5.75 Å². The van der Waals surface area contributed by atoms with Gasteiger partial charge in [-0.1, -0.05) is 36.4 Å². The van der Waals surface area contributed by atoms with Crippen molar-refractivity contribution in [2.45, 2.75) is 19.5 Å². The summed E-state index contributed by atoms with van der Waals surface area (Å²) in [7, 11) is 0. The highest BCUT2D eigenvalue weighted by Gasteiger charge is 2.35. The molecule has 7 heteroatoms. The maximum Gasteiger partial charge on any atom is 0.273 e. The van der Waals surface area contributed by atoms with Gasteiger partial charge in [0.05, 0.1) is 12.2 Å². The number of fused-ring (bicyclic) bond motifs is 1. The summed E-state index contributed by atoms with van der Waals surface area (Å²) in [5.41, 5.74) is 2.16. The van der Waals surface area contributed by atoms with E-state index < -0.39 is 6.04 Å². The van der Waals surface area contributed by atoms with Crippen LogP contribution >= 0.6 is 0 Å². The molecule has 0 saturated heterocycles. The fourth-order valence-electron chi connectivity index (χ4n) is 3.46. The van der Waals surface area contributed by atoms with Gasteiger partial charge in [-0.3, -0.25) is 9.59 Å². The second kappa shape index (κ2) is 8.95. The Bertz CT molecular complexity index is 1100. The second-order valence-electron chi connectivity index (χ2n) is 7.28. The van der Waals surface area contributed by atoms with Crippen molar-refractivity contribution in [2.24, 2.45) is 0 Å². The Kier molecular flexibility index (Phi) is 5.93. The SMILES string of the molecule is C[C@H](C(=O)NCCOc1ccccc1)N1Cc2ccc(-c3cccc(F)c3)nc2C1=O. The van der Waals surface area contributed by atoms with E-state index in [-0.39, 0.29) is 17.6 Å². The third-order valence-corrected chi connectivity index (χ3v) is 5.16. The lowest BCUT2D eigenvalue weighted by Gasteiger charge is -2.23. The number of amides is 2. The van der Waals surface area contributed by atoms with Crippen molar-refractivity contribution < 1.29 is 18.7 Å². The van der Waals surface area contributed by atoms with E-state index in [2.05, 4.69) is 10.3 Å². The van der Waals surface area contributed by atoms with E-state index in [1.165, 1.54) is 17.0 Å². The molecule has 0 aliphatic carbocycles. The number of aromatic nitrogens is 1. The second-order valence-corrected chi connectivity index (χ2v) is 7.28. The van der Waals surface area contributed by atoms with Crippen LogP contribution in [0.1, 0.15) is 23.0 Å². The Morgan fingerprint density at radius 2 is 1.97 bits per heavy atom. The summed E-state index contributed by atoms with van der Waals surface area (Å²) in [4.78, 5) is 31.4. The topological polar surface area (TPSA) is 71.5 Å². The molecular formula is C24H22FN3O3. The van der Waals surface area contributed by atoms with Gasteiger partial charge in [0.1, 0.15) is 29.9 Å². The van der Waals surface area contributed by atoms with Gasteiger partial charge < -0.3 is 15.0 Å². The van der Waals surface area contributed by atoms with Gasteiger partial charge in [0.2, 0.25) is 5.91 Å². The zero-order valence-electron chi connectivity index (χ0n) is 17.0. The van der Waals surface area contributed by atoms with Gasteiger partial charge in [0, 0.05) is 17.7 Å². The Hall–Kier alpha value is -3.74. The van der Waals surface area contributed by atoms with E-state index >= 15 is 0 Å². The van der Waals surface area contributed by atoms with Crippen LogP contribution in [0, 0.1) is 5.82 Å². The zero-order valence-corrected chi connectivity index (χ0v) is 17.0. The first-order valence-corrected chi connectivity index (χ1v) is 10.1. The molecule has 1 aliphatic heterocycles. The minimum absolute atomic E-state index is 0.261. The number of hydrogen-bond donors (Lipinski definition) is 1. The third-order valence-electron chi connectivity index (χ3n) is 5.16. The highest BCUT2D eigenvalue weighted by atomic mass is 19.1. The number of carbonyl (C=O) groups is 2. The molecule has 0 saturated carbocycles. The number of para-hydroxylation sites is 1. The van der Waals surface area contributed by atoms with E-state index in [1.807, 2.05) is 30.3 Å². The molecule has 4 rings (SSSR count). The summed E-state index contributed by atoms with van der Waals surface area (Å²) in [5, 5.41) is 2.80. The van der Waals surface area contributed by atoms with Crippen molar-refractivity contribution in [3.63, 3.8) is 0 Å². The lowest BCUT2D eigenvalue weighted by atomic mass is 10.1. The van der Waals surface area contributed by atoms with Crippen molar-refractivity contribution >= 4 is 11.8 Å². The summed E-state index contributed by atoms with van der Waals surface area (Å²) < 4.78 is 19.1. The first-order valence-electron chi connectivity index (χ1n) is 10.1. The van der Waals surface area contributed by atoms with E-state index in [0.717, 1.165) is 11.3 Å². The van der Waals surface area contributed by atoms with E-state index in [4.69, 9.17) is 4.74 Å². The molecule has 0 bridgehead atoms. The lowest BCUT2D eigenvalue weighted by Crippen LogP contribution is -2.46. The summed E-state index contributed by atoms with van der Waals surface area (Å²) in [6, 6.07) is 18.3. The van der Waals surface area contributed by atoms with Crippen molar-refractivity contribution in [2.75, 3.05) is 13.2 Å². The molecule has 1 aliphatic rings. The van der Waals surface area contributed by atoms with E-state index in [1.54, 1.807) is 31.2 Å². The molecule has 0 radical (unpaired) electrons. The van der Waals surface area contributed by atoms with Crippen molar-refractivity contribution in [3.8, 4) is 17.0 Å². The fourth-order valence-corrected chi connectivity index (χ4v) is 3.46. The smallest absolute Gasteiger partial charge is 0.273 e. The average Bonchev–Trinajstić information content (AvgIpc) is 3.12. The quantitative estimate of drug-likeness (QED) is 0.596. The van der Waals surface area contributed by atoms with Crippen LogP contribution in [0.3, 0.4) is 0 Å². The number of nitrogens with zero attached hydrogens (tertiary/aromatic N) is 2. The number of benzene rings is 2. The molecule has 2 aromatic carbocycles. The number of pyridine rings is 1. The van der Waals surface area contributed by atoms with Gasteiger partial charge in [-0.15, -0.1) is 0 Å². The number of rotatable bonds is 7. The van der Waals surface area contributed by atoms with Gasteiger partial charge in [0.15, 0.2) is 0 Å². The zero-order chi connectivity index (χ0) is 21.8. The molecular weight excluding hydrogens is 397 g/mol. The summed E-state index contributed by atoms with van der Waals surface area (Å²) in [5.74, 6) is -0.205. The minimum Gasteiger partial charge on any atom is -0.492 e. The third kappa shape index (κ3) is 4.55. The van der Waals surface area contributed by atoms with Gasteiger partial charge in [-0.05, 0) is 37.3 Å². The molecule has 0 fully saturated rings. The first-order chi connectivity index (χ1) is 15.0. The number of nitrogens with one attached hydrogen (secondary N) is 1. The van der Waals surface area contributed by atoms with Crippen molar-refractivity contribution in [1.29, 1.82) is 0 Å². The fraction of sp³-hybridized carbons (Fsp3) is 0.208. The average molecular weight is 419 g/mol. The number of ether oxygens (including phenoxy) is 1. The molecule has 1 aromatic heterocycles. The standard InChI is InChI=1S/C24H22FN3O3/c1-16(23(29)26-12-13-31-20-8-3-2-4-9-20)28-15-18-10-11-21(27-22(18)24(28)30)17-6-5-7-19(25)14-17/h2-11,14,16H,12-13,15H2,1H3,(H,26,29)/t16-/m1/s1. The monoisotopic (exact) mass is 419 g/mol. The Balaban J connectivity index is 1.37. The van der Waals surface area contributed by atoms with Gasteiger partial charge in [0.25, 0.3) is 5.91 Å². The highest BCUT2D eigenvalue weighted by molar-refractivity contribution is 5.99. The number of hydrogen-bond acceptors (Lipinski definition) is 4. The predicted octanol–water partition coefficient (Wildman–Crippen LogP) is 3.43. The summed E-state index contributed by atoms with van der Waals surface area (Å²) in [6.45, 7) is 2.65. The molecule has 31 heavy (non-hydrogen) atoms.